The number of rotatable bonds is 2. The number of aromatic amines is 1. The highest BCUT2D eigenvalue weighted by Crippen LogP contribution is 2.47. The molecule has 10 nitrogen and oxygen atoms in total. The summed E-state index contributed by atoms with van der Waals surface area (Å²) in [5, 5.41) is 14.8. The molecule has 2 aliphatic rings. The summed E-state index contributed by atoms with van der Waals surface area (Å²) in [5.41, 5.74) is 9.91. The van der Waals surface area contributed by atoms with E-state index < -0.39 is 11.9 Å². The molecular weight excluding hydrogens is 472 g/mol. The summed E-state index contributed by atoms with van der Waals surface area (Å²) in [7, 11) is 0. The van der Waals surface area contributed by atoms with E-state index in [-0.39, 0.29) is 18.1 Å². The Hall–Kier alpha value is -3.28. The monoisotopic (exact) mass is 502 g/mol. The van der Waals surface area contributed by atoms with Crippen LogP contribution in [-0.4, -0.2) is 69.2 Å². The van der Waals surface area contributed by atoms with Gasteiger partial charge in [0.05, 0.1) is 30.5 Å². The lowest BCUT2D eigenvalue weighted by Gasteiger charge is -2.43. The molecule has 0 unspecified atom stereocenters. The SMILES string of the molecule is CC(=O)O.CC(=O)O.NCC(=O)N1CCC2(CC1)OCCc1cc(-c3ccc4nc[nH]c4c3)sc12. The summed E-state index contributed by atoms with van der Waals surface area (Å²) in [4.78, 5) is 41.9. The number of amides is 1. The van der Waals surface area contributed by atoms with Crippen LogP contribution in [0.3, 0.4) is 0 Å². The fourth-order valence-corrected chi connectivity index (χ4v) is 5.68. The van der Waals surface area contributed by atoms with Crippen LogP contribution in [0.4, 0.5) is 0 Å². The van der Waals surface area contributed by atoms with Crippen molar-refractivity contribution >= 4 is 40.2 Å². The van der Waals surface area contributed by atoms with Crippen molar-refractivity contribution in [2.45, 2.75) is 38.7 Å². The van der Waals surface area contributed by atoms with Crippen LogP contribution in [0.5, 0.6) is 0 Å². The first kappa shape index (κ1) is 26.3. The first-order valence-electron chi connectivity index (χ1n) is 11.2. The van der Waals surface area contributed by atoms with Crippen molar-refractivity contribution in [3.05, 3.63) is 41.0 Å². The maximum absolute atomic E-state index is 11.9. The fraction of sp³-hybridized carbons (Fsp3) is 0.417. The van der Waals surface area contributed by atoms with Crippen molar-refractivity contribution in [1.29, 1.82) is 0 Å². The maximum atomic E-state index is 11.9. The summed E-state index contributed by atoms with van der Waals surface area (Å²) in [5.74, 6) is -1.64. The topological polar surface area (TPSA) is 159 Å². The average molecular weight is 503 g/mol. The zero-order valence-corrected chi connectivity index (χ0v) is 20.6. The Morgan fingerprint density at radius 1 is 1.17 bits per heavy atom. The zero-order chi connectivity index (χ0) is 25.6. The minimum Gasteiger partial charge on any atom is -0.481 e. The lowest BCUT2D eigenvalue weighted by atomic mass is 9.85. The third-order valence-corrected chi connectivity index (χ3v) is 7.19. The number of H-pyrrole nitrogens is 1. The lowest BCUT2D eigenvalue weighted by molar-refractivity contribution is -0.139. The number of nitrogens with zero attached hydrogens (tertiary/aromatic N) is 2. The van der Waals surface area contributed by atoms with E-state index in [2.05, 4.69) is 34.2 Å². The van der Waals surface area contributed by atoms with Gasteiger partial charge in [0.25, 0.3) is 11.9 Å². The number of likely N-dealkylation sites (tertiary alicyclic amines) is 1. The van der Waals surface area contributed by atoms with Gasteiger partial charge in [-0.05, 0) is 48.6 Å². The second kappa shape index (κ2) is 11.4. The van der Waals surface area contributed by atoms with Gasteiger partial charge in [0, 0.05) is 36.7 Å². The first-order valence-corrected chi connectivity index (χ1v) is 12.0. The van der Waals surface area contributed by atoms with Gasteiger partial charge in [-0.15, -0.1) is 11.3 Å². The number of thiophene rings is 1. The summed E-state index contributed by atoms with van der Waals surface area (Å²) in [6, 6.07) is 8.68. The second-order valence-electron chi connectivity index (χ2n) is 8.32. The fourth-order valence-electron chi connectivity index (χ4n) is 4.27. The minimum atomic E-state index is -0.833. The summed E-state index contributed by atoms with van der Waals surface area (Å²) in [6.45, 7) is 4.41. The Morgan fingerprint density at radius 3 is 2.46 bits per heavy atom. The highest BCUT2D eigenvalue weighted by atomic mass is 32.1. The molecule has 1 spiro atoms. The molecule has 5 N–H and O–H groups in total. The van der Waals surface area contributed by atoms with Crippen LogP contribution in [0.1, 0.15) is 37.1 Å². The van der Waals surface area contributed by atoms with Crippen LogP contribution in [0.25, 0.3) is 21.5 Å². The van der Waals surface area contributed by atoms with Gasteiger partial charge in [-0.25, -0.2) is 4.98 Å². The van der Waals surface area contributed by atoms with Crippen molar-refractivity contribution in [1.82, 2.24) is 14.9 Å². The molecule has 4 heterocycles. The van der Waals surface area contributed by atoms with Gasteiger partial charge in [-0.1, -0.05) is 6.07 Å². The van der Waals surface area contributed by atoms with E-state index in [0.717, 1.165) is 50.8 Å². The number of aromatic nitrogens is 2. The molecule has 0 aliphatic carbocycles. The van der Waals surface area contributed by atoms with Crippen LogP contribution in [0.15, 0.2) is 30.6 Å². The van der Waals surface area contributed by atoms with Crippen LogP contribution in [0, 0.1) is 0 Å². The number of piperidine rings is 1. The van der Waals surface area contributed by atoms with Crippen molar-refractivity contribution < 1.29 is 29.3 Å². The van der Waals surface area contributed by atoms with Crippen LogP contribution < -0.4 is 5.73 Å². The maximum Gasteiger partial charge on any atom is 0.300 e. The molecule has 1 fully saturated rings. The smallest absolute Gasteiger partial charge is 0.300 e. The molecule has 35 heavy (non-hydrogen) atoms. The van der Waals surface area contributed by atoms with E-state index in [9.17, 15) is 4.79 Å². The van der Waals surface area contributed by atoms with Gasteiger partial charge in [-0.2, -0.15) is 0 Å². The molecule has 2 aliphatic heterocycles. The molecule has 2 aromatic heterocycles. The van der Waals surface area contributed by atoms with E-state index in [0.29, 0.717) is 13.1 Å². The third kappa shape index (κ3) is 6.44. The Bertz CT molecular complexity index is 1180. The molecular formula is C24H30N4O6S. The van der Waals surface area contributed by atoms with Gasteiger partial charge in [0.2, 0.25) is 5.91 Å². The molecule has 1 saturated heterocycles. The molecule has 0 bridgehead atoms. The third-order valence-electron chi connectivity index (χ3n) is 5.78. The Morgan fingerprint density at radius 2 is 1.83 bits per heavy atom. The minimum absolute atomic E-state index is 0.0283. The van der Waals surface area contributed by atoms with Gasteiger partial charge in [-0.3, -0.25) is 14.4 Å². The first-order chi connectivity index (χ1) is 16.6. The number of hydrogen-bond donors (Lipinski definition) is 4. The predicted molar refractivity (Wildman–Crippen MR) is 132 cm³/mol. The van der Waals surface area contributed by atoms with Crippen LogP contribution in [0.2, 0.25) is 0 Å². The number of benzene rings is 1. The van der Waals surface area contributed by atoms with E-state index in [4.69, 9.17) is 30.3 Å². The molecule has 188 valence electrons. The Balaban J connectivity index is 0.000000376. The second-order valence-corrected chi connectivity index (χ2v) is 9.37. The number of carbonyl (C=O) groups is 3. The molecule has 0 saturated carbocycles. The largest absolute Gasteiger partial charge is 0.481 e. The molecule has 1 aromatic carbocycles. The molecule has 1 amide bonds. The highest BCUT2D eigenvalue weighted by Gasteiger charge is 2.43. The summed E-state index contributed by atoms with van der Waals surface area (Å²) >= 11 is 1.83. The van der Waals surface area contributed by atoms with E-state index in [1.807, 2.05) is 16.2 Å². The van der Waals surface area contributed by atoms with Crippen molar-refractivity contribution in [3.8, 4) is 10.4 Å². The number of ether oxygens (including phenoxy) is 1. The van der Waals surface area contributed by atoms with Crippen molar-refractivity contribution in [2.24, 2.45) is 5.73 Å². The highest BCUT2D eigenvalue weighted by molar-refractivity contribution is 7.15. The van der Waals surface area contributed by atoms with Gasteiger partial charge >= 0.3 is 0 Å². The molecule has 11 heteroatoms. The normalized spacial score (nSPS) is 15.9. The Labute approximate surface area is 206 Å². The number of nitrogens with two attached hydrogens (primary N) is 1. The van der Waals surface area contributed by atoms with Crippen LogP contribution >= 0.6 is 11.3 Å². The average Bonchev–Trinajstić information content (AvgIpc) is 3.46. The van der Waals surface area contributed by atoms with Crippen molar-refractivity contribution in [3.63, 3.8) is 0 Å². The Kier molecular flexibility index (Phi) is 8.60. The number of carbonyl (C=O) groups excluding carboxylic acids is 1. The number of carboxylic acid groups (broad SMARTS) is 2. The summed E-state index contributed by atoms with van der Waals surface area (Å²) < 4.78 is 6.33. The van der Waals surface area contributed by atoms with Gasteiger partial charge < -0.3 is 30.6 Å². The molecule has 3 aromatic rings. The standard InChI is InChI=1S/C20H22N4O2S.2C2H4O2/c21-11-18(25)24-6-4-20(5-7-24)19-14(3-8-26-20)10-17(27-19)13-1-2-15-16(9-13)23-12-22-15;2*1-2(3)4/h1-2,9-10,12H,3-8,11,21H2,(H,22,23);2*1H3,(H,3,4). The van der Waals surface area contributed by atoms with Gasteiger partial charge in [0.1, 0.15) is 5.60 Å². The molecule has 0 radical (unpaired) electrons. The number of nitrogens with one attached hydrogen (secondary N) is 1. The summed E-state index contributed by atoms with van der Waals surface area (Å²) in [6.07, 6.45) is 4.36. The predicted octanol–water partition coefficient (Wildman–Crippen LogP) is 2.82. The number of imidazole rings is 1. The van der Waals surface area contributed by atoms with Gasteiger partial charge in [0.15, 0.2) is 0 Å². The number of carboxylic acids is 2. The molecule has 0 atom stereocenters. The quantitative estimate of drug-likeness (QED) is 0.416. The number of fused-ring (bicyclic) bond motifs is 3. The van der Waals surface area contributed by atoms with E-state index in [1.54, 1.807) is 6.33 Å². The molecule has 5 rings (SSSR count). The number of hydrogen-bond acceptors (Lipinski definition) is 7. The number of aliphatic carboxylic acids is 2. The zero-order valence-electron chi connectivity index (χ0n) is 19.7. The van der Waals surface area contributed by atoms with Crippen LogP contribution in [-0.2, 0) is 31.1 Å². The van der Waals surface area contributed by atoms with E-state index >= 15 is 0 Å². The van der Waals surface area contributed by atoms with Crippen molar-refractivity contribution in [2.75, 3.05) is 26.2 Å². The van der Waals surface area contributed by atoms with E-state index in [1.165, 1.54) is 20.9 Å². The lowest BCUT2D eigenvalue weighted by Crippen LogP contribution is -2.49.